The molecule has 3 N–H and O–H groups in total. The van der Waals surface area contributed by atoms with Crippen LogP contribution in [0.15, 0.2) is 12.3 Å². The molecule has 1 aromatic heterocycles. The van der Waals surface area contributed by atoms with E-state index in [1.807, 2.05) is 0 Å². The lowest BCUT2D eigenvalue weighted by Crippen LogP contribution is -2.17. The third-order valence-corrected chi connectivity index (χ3v) is 3.60. The average Bonchev–Trinajstić information content (AvgIpc) is 2.73. The summed E-state index contributed by atoms with van der Waals surface area (Å²) in [5, 5.41) is 12.3. The third-order valence-electron chi connectivity index (χ3n) is 3.60. The van der Waals surface area contributed by atoms with Crippen molar-refractivity contribution in [2.24, 2.45) is 11.8 Å². The highest BCUT2D eigenvalue weighted by Crippen LogP contribution is 2.31. The normalized spacial score (nSPS) is 23.3. The number of aromatic nitrogens is 1. The van der Waals surface area contributed by atoms with Gasteiger partial charge in [-0.3, -0.25) is 0 Å². The zero-order valence-corrected chi connectivity index (χ0v) is 10.1. The van der Waals surface area contributed by atoms with Crippen LogP contribution in [0.2, 0.25) is 0 Å². The van der Waals surface area contributed by atoms with E-state index in [0.29, 0.717) is 23.0 Å². The van der Waals surface area contributed by atoms with Crippen LogP contribution in [-0.2, 0) is 0 Å². The summed E-state index contributed by atoms with van der Waals surface area (Å²) in [6.45, 7) is 3.19. The van der Waals surface area contributed by atoms with Gasteiger partial charge in [0, 0.05) is 6.54 Å². The summed E-state index contributed by atoms with van der Waals surface area (Å²) in [5.74, 6) is 2.11. The lowest BCUT2D eigenvalue weighted by atomic mass is 9.98. The van der Waals surface area contributed by atoms with Crippen LogP contribution in [0.4, 0.5) is 11.5 Å². The minimum absolute atomic E-state index is 0.524. The molecule has 2 unspecified atom stereocenters. The quantitative estimate of drug-likeness (QED) is 0.836. The molecule has 0 aromatic carbocycles. The molecular formula is C13H18N4. The van der Waals surface area contributed by atoms with Crippen LogP contribution in [0, 0.1) is 23.2 Å². The first-order valence-electron chi connectivity index (χ1n) is 6.10. The van der Waals surface area contributed by atoms with Gasteiger partial charge < -0.3 is 11.1 Å². The van der Waals surface area contributed by atoms with Crippen LogP contribution < -0.4 is 11.1 Å². The highest BCUT2D eigenvalue weighted by atomic mass is 15.0. The highest BCUT2D eigenvalue weighted by Gasteiger charge is 2.23. The van der Waals surface area contributed by atoms with Crippen LogP contribution in [0.25, 0.3) is 0 Å². The number of nitrogen functional groups attached to an aromatic ring is 1. The number of anilines is 2. The van der Waals surface area contributed by atoms with E-state index in [1.54, 1.807) is 12.3 Å². The summed E-state index contributed by atoms with van der Waals surface area (Å²) < 4.78 is 0. The van der Waals surface area contributed by atoms with Gasteiger partial charge in [0.05, 0.1) is 17.4 Å². The van der Waals surface area contributed by atoms with E-state index in [2.05, 4.69) is 23.3 Å². The number of rotatable bonds is 3. The molecule has 1 aliphatic carbocycles. The summed E-state index contributed by atoms with van der Waals surface area (Å²) in [6, 6.07) is 3.78. The minimum atomic E-state index is 0.524. The molecule has 2 atom stereocenters. The molecule has 17 heavy (non-hydrogen) atoms. The second-order valence-corrected chi connectivity index (χ2v) is 4.83. The molecule has 0 spiro atoms. The zero-order valence-electron chi connectivity index (χ0n) is 10.1. The second-order valence-electron chi connectivity index (χ2n) is 4.83. The van der Waals surface area contributed by atoms with Gasteiger partial charge in [0.2, 0.25) is 0 Å². The van der Waals surface area contributed by atoms with Crippen molar-refractivity contribution in [3.63, 3.8) is 0 Å². The number of nitrogens with zero attached hydrogens (tertiary/aromatic N) is 2. The maximum Gasteiger partial charge on any atom is 0.144 e. The molecule has 1 aromatic rings. The summed E-state index contributed by atoms with van der Waals surface area (Å²) >= 11 is 0. The van der Waals surface area contributed by atoms with Crippen molar-refractivity contribution in [3.8, 4) is 6.07 Å². The van der Waals surface area contributed by atoms with Gasteiger partial charge >= 0.3 is 0 Å². The van der Waals surface area contributed by atoms with Crippen molar-refractivity contribution >= 4 is 11.5 Å². The van der Waals surface area contributed by atoms with Crippen LogP contribution in [-0.4, -0.2) is 11.5 Å². The van der Waals surface area contributed by atoms with E-state index in [1.165, 1.54) is 19.3 Å². The van der Waals surface area contributed by atoms with Crippen LogP contribution in [0.3, 0.4) is 0 Å². The van der Waals surface area contributed by atoms with E-state index in [0.717, 1.165) is 12.5 Å². The molecule has 0 radical (unpaired) electrons. The monoisotopic (exact) mass is 230 g/mol. The molecule has 4 nitrogen and oxygen atoms in total. The van der Waals surface area contributed by atoms with Crippen LogP contribution in [0.1, 0.15) is 31.7 Å². The Labute approximate surface area is 102 Å². The predicted octanol–water partition coefficient (Wildman–Crippen LogP) is 2.38. The molecule has 0 bridgehead atoms. The summed E-state index contributed by atoms with van der Waals surface area (Å²) in [6.07, 6.45) is 5.48. The summed E-state index contributed by atoms with van der Waals surface area (Å²) in [4.78, 5) is 4.18. The van der Waals surface area contributed by atoms with Gasteiger partial charge in [0.1, 0.15) is 11.9 Å². The Bertz CT molecular complexity index is 436. The van der Waals surface area contributed by atoms with E-state index in [4.69, 9.17) is 11.0 Å². The van der Waals surface area contributed by atoms with Crippen molar-refractivity contribution in [1.82, 2.24) is 4.98 Å². The largest absolute Gasteiger partial charge is 0.397 e. The van der Waals surface area contributed by atoms with Gasteiger partial charge in [-0.25, -0.2) is 4.98 Å². The molecule has 1 aliphatic rings. The lowest BCUT2D eigenvalue weighted by Gasteiger charge is -2.16. The Hall–Kier alpha value is -1.76. The van der Waals surface area contributed by atoms with E-state index >= 15 is 0 Å². The second kappa shape index (κ2) is 5.05. The fourth-order valence-corrected chi connectivity index (χ4v) is 2.46. The fourth-order valence-electron chi connectivity index (χ4n) is 2.46. The molecule has 90 valence electrons. The number of nitriles is 1. The van der Waals surface area contributed by atoms with Crippen molar-refractivity contribution in [2.45, 2.75) is 26.2 Å². The summed E-state index contributed by atoms with van der Waals surface area (Å²) in [5.41, 5.74) is 6.65. The van der Waals surface area contributed by atoms with Gasteiger partial charge in [-0.2, -0.15) is 5.26 Å². The molecule has 1 heterocycles. The van der Waals surface area contributed by atoms with Crippen molar-refractivity contribution < 1.29 is 0 Å². The lowest BCUT2D eigenvalue weighted by molar-refractivity contribution is 0.439. The Morgan fingerprint density at radius 1 is 1.59 bits per heavy atom. The van der Waals surface area contributed by atoms with Crippen LogP contribution >= 0.6 is 0 Å². The maximum atomic E-state index is 9.00. The number of hydrogen-bond acceptors (Lipinski definition) is 4. The highest BCUT2D eigenvalue weighted by molar-refractivity contribution is 5.57. The molecular weight excluding hydrogens is 212 g/mol. The van der Waals surface area contributed by atoms with Gasteiger partial charge in [-0.15, -0.1) is 0 Å². The molecule has 0 saturated heterocycles. The van der Waals surface area contributed by atoms with E-state index in [9.17, 15) is 0 Å². The van der Waals surface area contributed by atoms with Gasteiger partial charge in [-0.1, -0.05) is 19.8 Å². The zero-order chi connectivity index (χ0) is 12.3. The van der Waals surface area contributed by atoms with Crippen molar-refractivity contribution in [2.75, 3.05) is 17.6 Å². The molecule has 4 heteroatoms. The first-order valence-corrected chi connectivity index (χ1v) is 6.10. The first kappa shape index (κ1) is 11.7. The number of nitrogens with one attached hydrogen (secondary N) is 1. The molecule has 1 saturated carbocycles. The predicted molar refractivity (Wildman–Crippen MR) is 68.4 cm³/mol. The number of pyridine rings is 1. The Morgan fingerprint density at radius 3 is 3.06 bits per heavy atom. The first-order chi connectivity index (χ1) is 8.20. The molecule has 0 amide bonds. The van der Waals surface area contributed by atoms with Crippen molar-refractivity contribution in [3.05, 3.63) is 17.8 Å². The topological polar surface area (TPSA) is 74.7 Å². The van der Waals surface area contributed by atoms with Crippen LogP contribution in [0.5, 0.6) is 0 Å². The number of nitrogens with two attached hydrogens (primary N) is 1. The minimum Gasteiger partial charge on any atom is -0.397 e. The third kappa shape index (κ3) is 2.68. The Kier molecular flexibility index (Phi) is 3.48. The standard InChI is InChI=1S/C13H18N4/c1-9-3-2-4-10(9)7-16-13-11(6-14)5-12(15)8-17-13/h5,8-10H,2-4,7,15H2,1H3,(H,16,17). The van der Waals surface area contributed by atoms with E-state index < -0.39 is 0 Å². The molecule has 1 fully saturated rings. The average molecular weight is 230 g/mol. The van der Waals surface area contributed by atoms with E-state index in [-0.39, 0.29) is 0 Å². The Morgan fingerprint density at radius 2 is 2.41 bits per heavy atom. The van der Waals surface area contributed by atoms with Gasteiger partial charge in [-0.05, 0) is 24.3 Å². The summed E-state index contributed by atoms with van der Waals surface area (Å²) in [7, 11) is 0. The number of hydrogen-bond donors (Lipinski definition) is 2. The van der Waals surface area contributed by atoms with Crippen molar-refractivity contribution in [1.29, 1.82) is 5.26 Å². The van der Waals surface area contributed by atoms with Gasteiger partial charge in [0.25, 0.3) is 0 Å². The molecule has 0 aliphatic heterocycles. The van der Waals surface area contributed by atoms with Gasteiger partial charge in [0.15, 0.2) is 0 Å². The molecule has 2 rings (SSSR count). The maximum absolute atomic E-state index is 9.00. The fraction of sp³-hybridized carbons (Fsp3) is 0.538. The SMILES string of the molecule is CC1CCCC1CNc1ncc(N)cc1C#N. The smallest absolute Gasteiger partial charge is 0.144 e. The Balaban J connectivity index is 2.01.